The predicted molar refractivity (Wildman–Crippen MR) is 81.3 cm³/mol. The molecule has 0 saturated heterocycles. The molecule has 102 valence electrons. The zero-order chi connectivity index (χ0) is 14.7. The molecular formula is C15H13NO3S. The summed E-state index contributed by atoms with van der Waals surface area (Å²) in [6, 6.07) is 10.8. The Morgan fingerprint density at radius 1 is 1.20 bits per heavy atom. The van der Waals surface area contributed by atoms with Gasteiger partial charge in [0.2, 0.25) is 5.78 Å². The van der Waals surface area contributed by atoms with Crippen molar-refractivity contribution >= 4 is 40.2 Å². The second kappa shape index (κ2) is 5.79. The minimum absolute atomic E-state index is 0.222. The molecule has 5 heteroatoms. The molecule has 0 amide bonds. The summed E-state index contributed by atoms with van der Waals surface area (Å²) < 4.78 is 5.52. The van der Waals surface area contributed by atoms with Crippen LogP contribution in [0, 0.1) is 0 Å². The van der Waals surface area contributed by atoms with Crippen LogP contribution >= 0.6 is 12.2 Å². The molecule has 0 aromatic heterocycles. The fraction of sp³-hybridized carbons (Fsp3) is 0.133. The summed E-state index contributed by atoms with van der Waals surface area (Å²) in [5.41, 5.74) is 0.238. The van der Waals surface area contributed by atoms with Gasteiger partial charge in [-0.25, -0.2) is 0 Å². The van der Waals surface area contributed by atoms with E-state index in [4.69, 9.17) is 17.0 Å². The van der Waals surface area contributed by atoms with E-state index in [-0.39, 0.29) is 17.0 Å². The average Bonchev–Trinajstić information content (AvgIpc) is 2.46. The van der Waals surface area contributed by atoms with Crippen LogP contribution in [0.4, 0.5) is 0 Å². The quantitative estimate of drug-likeness (QED) is 0.375. The Bertz CT molecular complexity index is 695. The van der Waals surface area contributed by atoms with Gasteiger partial charge in [0.05, 0.1) is 5.56 Å². The number of rotatable bonds is 3. The number of carbonyl (C=O) groups is 2. The number of hydrogen-bond donors (Lipinski definition) is 0. The fourth-order valence-electron chi connectivity index (χ4n) is 1.84. The Hall–Kier alpha value is -2.27. The smallest absolute Gasteiger partial charge is 0.264 e. The van der Waals surface area contributed by atoms with Crippen LogP contribution in [0.25, 0.3) is 10.8 Å². The molecule has 0 radical (unpaired) electrons. The average molecular weight is 287 g/mol. The van der Waals surface area contributed by atoms with Crippen LogP contribution in [0.15, 0.2) is 36.4 Å². The lowest BCUT2D eigenvalue weighted by Crippen LogP contribution is -2.25. The number of hydrogen-bond acceptors (Lipinski definition) is 4. The molecule has 0 N–H and O–H groups in total. The van der Waals surface area contributed by atoms with E-state index < -0.39 is 5.78 Å². The van der Waals surface area contributed by atoms with Gasteiger partial charge in [-0.1, -0.05) is 30.3 Å². The van der Waals surface area contributed by atoms with Crippen LogP contribution in [0.3, 0.4) is 0 Å². The molecule has 0 fully saturated rings. The van der Waals surface area contributed by atoms with Crippen LogP contribution in [0.1, 0.15) is 10.4 Å². The number of nitrogens with zero attached hydrogens (tertiary/aromatic N) is 1. The molecule has 0 aliphatic heterocycles. The molecule has 0 saturated carbocycles. The first-order valence-electron chi connectivity index (χ1n) is 5.95. The van der Waals surface area contributed by atoms with Crippen molar-refractivity contribution in [1.29, 1.82) is 0 Å². The molecule has 20 heavy (non-hydrogen) atoms. The molecule has 2 aromatic carbocycles. The van der Waals surface area contributed by atoms with Crippen LogP contribution in [-0.4, -0.2) is 36.2 Å². The standard InChI is InChI=1S/C15H13NO3S/c1-16(2)15(20)19-13-8-7-10-5-3-4-6-11(10)14(13)12(18)9-17/h3-9H,1-2H3. The predicted octanol–water partition coefficient (Wildman–Crippen LogP) is 2.45. The van der Waals surface area contributed by atoms with E-state index in [0.717, 1.165) is 5.39 Å². The Balaban J connectivity index is 2.62. The first-order chi connectivity index (χ1) is 9.54. The van der Waals surface area contributed by atoms with Gasteiger partial charge in [-0.3, -0.25) is 9.59 Å². The molecule has 0 spiro atoms. The van der Waals surface area contributed by atoms with E-state index in [1.165, 1.54) is 0 Å². The molecular weight excluding hydrogens is 274 g/mol. The molecule has 4 nitrogen and oxygen atoms in total. The van der Waals surface area contributed by atoms with Gasteiger partial charge in [0, 0.05) is 14.1 Å². The van der Waals surface area contributed by atoms with E-state index in [0.29, 0.717) is 11.1 Å². The third-order valence-corrected chi connectivity index (χ3v) is 3.26. The Morgan fingerprint density at radius 2 is 1.90 bits per heavy atom. The van der Waals surface area contributed by atoms with Gasteiger partial charge in [0.25, 0.3) is 5.17 Å². The highest BCUT2D eigenvalue weighted by molar-refractivity contribution is 7.80. The highest BCUT2D eigenvalue weighted by Gasteiger charge is 2.17. The van der Waals surface area contributed by atoms with Gasteiger partial charge < -0.3 is 9.64 Å². The third-order valence-electron chi connectivity index (χ3n) is 2.81. The maximum absolute atomic E-state index is 11.9. The largest absolute Gasteiger partial charge is 0.431 e. The third kappa shape index (κ3) is 2.67. The van der Waals surface area contributed by atoms with E-state index >= 15 is 0 Å². The molecule has 0 unspecified atom stereocenters. The van der Waals surface area contributed by atoms with Crippen molar-refractivity contribution in [2.24, 2.45) is 0 Å². The van der Waals surface area contributed by atoms with E-state index in [1.54, 1.807) is 37.2 Å². The lowest BCUT2D eigenvalue weighted by atomic mass is 10.0. The first kappa shape index (κ1) is 14.1. The molecule has 2 rings (SSSR count). The van der Waals surface area contributed by atoms with Crippen molar-refractivity contribution in [3.05, 3.63) is 42.0 Å². The zero-order valence-electron chi connectivity index (χ0n) is 11.1. The number of carbonyl (C=O) groups excluding carboxylic acids is 2. The molecule has 2 aromatic rings. The van der Waals surface area contributed by atoms with Crippen molar-refractivity contribution in [2.75, 3.05) is 14.1 Å². The van der Waals surface area contributed by atoms with E-state index in [1.807, 2.05) is 18.2 Å². The Morgan fingerprint density at radius 3 is 2.55 bits per heavy atom. The van der Waals surface area contributed by atoms with Gasteiger partial charge >= 0.3 is 0 Å². The summed E-state index contributed by atoms with van der Waals surface area (Å²) in [7, 11) is 3.48. The number of ether oxygens (including phenoxy) is 1. The minimum atomic E-state index is -0.627. The Kier molecular flexibility index (Phi) is 4.10. The lowest BCUT2D eigenvalue weighted by Gasteiger charge is -2.16. The summed E-state index contributed by atoms with van der Waals surface area (Å²) in [4.78, 5) is 24.4. The van der Waals surface area contributed by atoms with Crippen LogP contribution in [-0.2, 0) is 4.79 Å². The number of ketones is 1. The van der Waals surface area contributed by atoms with Crippen LogP contribution < -0.4 is 4.74 Å². The van der Waals surface area contributed by atoms with E-state index in [2.05, 4.69) is 0 Å². The van der Waals surface area contributed by atoms with Crippen molar-refractivity contribution in [3.8, 4) is 5.75 Å². The fourth-order valence-corrected chi connectivity index (χ4v) is 1.92. The number of Topliss-reactive ketones (excluding diaryl/α,β-unsaturated/α-hetero) is 1. The minimum Gasteiger partial charge on any atom is -0.431 e. The number of aldehydes is 1. The second-order valence-electron chi connectivity index (χ2n) is 4.40. The van der Waals surface area contributed by atoms with Gasteiger partial charge in [0.15, 0.2) is 6.29 Å². The maximum atomic E-state index is 11.9. The topological polar surface area (TPSA) is 46.6 Å². The van der Waals surface area contributed by atoms with Gasteiger partial charge in [-0.2, -0.15) is 0 Å². The highest BCUT2D eigenvalue weighted by Crippen LogP contribution is 2.28. The summed E-state index contributed by atoms with van der Waals surface area (Å²) in [5, 5.41) is 1.75. The summed E-state index contributed by atoms with van der Waals surface area (Å²) in [5.74, 6) is -0.335. The molecule has 0 aliphatic rings. The van der Waals surface area contributed by atoms with Crippen molar-refractivity contribution in [1.82, 2.24) is 4.90 Å². The van der Waals surface area contributed by atoms with Crippen molar-refractivity contribution < 1.29 is 14.3 Å². The normalized spacial score (nSPS) is 10.1. The van der Waals surface area contributed by atoms with Gasteiger partial charge in [-0.15, -0.1) is 0 Å². The summed E-state index contributed by atoms with van der Waals surface area (Å²) in [6.07, 6.45) is 0.285. The number of benzene rings is 2. The van der Waals surface area contributed by atoms with Crippen LogP contribution in [0.5, 0.6) is 5.75 Å². The number of fused-ring (bicyclic) bond motifs is 1. The molecule has 0 bridgehead atoms. The SMILES string of the molecule is CN(C)C(=S)Oc1ccc2ccccc2c1C(=O)C=O. The monoisotopic (exact) mass is 287 g/mol. The van der Waals surface area contributed by atoms with Gasteiger partial charge in [-0.05, 0) is 29.1 Å². The highest BCUT2D eigenvalue weighted by atomic mass is 32.1. The maximum Gasteiger partial charge on any atom is 0.264 e. The molecule has 0 heterocycles. The summed E-state index contributed by atoms with van der Waals surface area (Å²) >= 11 is 5.07. The van der Waals surface area contributed by atoms with Gasteiger partial charge in [0.1, 0.15) is 5.75 Å². The van der Waals surface area contributed by atoms with Crippen LogP contribution in [0.2, 0.25) is 0 Å². The van der Waals surface area contributed by atoms with Crippen molar-refractivity contribution in [2.45, 2.75) is 0 Å². The lowest BCUT2D eigenvalue weighted by molar-refractivity contribution is -0.104. The summed E-state index contributed by atoms with van der Waals surface area (Å²) in [6.45, 7) is 0. The molecule has 0 aliphatic carbocycles. The number of thiocarbonyl (C=S) groups is 1. The zero-order valence-corrected chi connectivity index (χ0v) is 11.9. The second-order valence-corrected chi connectivity index (χ2v) is 4.75. The van der Waals surface area contributed by atoms with E-state index in [9.17, 15) is 9.59 Å². The van der Waals surface area contributed by atoms with Crippen molar-refractivity contribution in [3.63, 3.8) is 0 Å². The Labute approximate surface area is 121 Å². The first-order valence-corrected chi connectivity index (χ1v) is 6.36. The molecule has 0 atom stereocenters.